The minimum atomic E-state index is -0.669. The Morgan fingerprint density at radius 3 is 1.25 bits per heavy atom. The predicted molar refractivity (Wildman–Crippen MR) is 273 cm³/mol. The van der Waals surface area contributed by atoms with Crippen molar-refractivity contribution in [1.82, 2.24) is 5.32 Å². The van der Waals surface area contributed by atoms with Gasteiger partial charge < -0.3 is 20.3 Å². The van der Waals surface area contributed by atoms with Gasteiger partial charge in [0, 0.05) is 12.8 Å². The van der Waals surface area contributed by atoms with Crippen LogP contribution in [0.1, 0.15) is 277 Å². The van der Waals surface area contributed by atoms with Gasteiger partial charge in [-0.2, -0.15) is 0 Å². The van der Waals surface area contributed by atoms with Gasteiger partial charge in [-0.1, -0.05) is 229 Å². The molecule has 3 N–H and O–H groups in total. The fraction of sp³-hybridized carbons (Fsp3) is 0.825. The van der Waals surface area contributed by atoms with Crippen LogP contribution in [0.2, 0.25) is 0 Å². The molecule has 0 spiro atoms. The lowest BCUT2D eigenvalue weighted by atomic mass is 10.0. The summed E-state index contributed by atoms with van der Waals surface area (Å²) in [6.45, 7) is 4.87. The Morgan fingerprint density at radius 2 is 0.810 bits per heavy atom. The Balaban J connectivity index is 3.44. The molecule has 368 valence electrons. The van der Waals surface area contributed by atoms with Gasteiger partial charge in [0.1, 0.15) is 0 Å². The van der Waals surface area contributed by atoms with Crippen molar-refractivity contribution in [2.75, 3.05) is 13.2 Å². The SMILES string of the molecule is CCCC/C=C\C/C=C\CCCCCCCC(=O)OCCCCCCCCCCC/C=C\C/C=C\CCCCCCCCCC(=O)NC(CO)C(O)CCCCCCCCCCC. The molecule has 0 aromatic carbocycles. The zero-order valence-corrected chi connectivity index (χ0v) is 41.8. The monoisotopic (exact) mass is 884 g/mol. The maximum atomic E-state index is 12.4. The van der Waals surface area contributed by atoms with E-state index in [0.29, 0.717) is 25.9 Å². The number of rotatable bonds is 50. The van der Waals surface area contributed by atoms with Gasteiger partial charge in [-0.15, -0.1) is 0 Å². The van der Waals surface area contributed by atoms with Gasteiger partial charge in [-0.25, -0.2) is 0 Å². The average molecular weight is 884 g/mol. The molecular weight excluding hydrogens is 779 g/mol. The first-order valence-corrected chi connectivity index (χ1v) is 27.4. The van der Waals surface area contributed by atoms with Crippen molar-refractivity contribution < 1.29 is 24.5 Å². The highest BCUT2D eigenvalue weighted by atomic mass is 16.5. The van der Waals surface area contributed by atoms with E-state index in [4.69, 9.17) is 4.74 Å². The van der Waals surface area contributed by atoms with E-state index in [0.717, 1.165) is 70.6 Å². The second-order valence-electron chi connectivity index (χ2n) is 18.6. The first-order valence-electron chi connectivity index (χ1n) is 27.4. The third-order valence-corrected chi connectivity index (χ3v) is 12.4. The second kappa shape index (κ2) is 52.4. The number of aliphatic hydroxyl groups is 2. The van der Waals surface area contributed by atoms with E-state index >= 15 is 0 Å². The highest BCUT2D eigenvalue weighted by Crippen LogP contribution is 2.15. The van der Waals surface area contributed by atoms with E-state index in [1.165, 1.54) is 173 Å². The molecule has 0 saturated heterocycles. The van der Waals surface area contributed by atoms with Crippen LogP contribution in [0.15, 0.2) is 48.6 Å². The van der Waals surface area contributed by atoms with Gasteiger partial charge in [-0.05, 0) is 83.5 Å². The van der Waals surface area contributed by atoms with Gasteiger partial charge >= 0.3 is 5.97 Å². The molecule has 0 radical (unpaired) electrons. The lowest BCUT2D eigenvalue weighted by Crippen LogP contribution is -2.45. The number of aliphatic hydroxyl groups excluding tert-OH is 2. The fourth-order valence-electron chi connectivity index (χ4n) is 8.10. The number of carbonyl (C=O) groups is 2. The van der Waals surface area contributed by atoms with E-state index in [2.05, 4.69) is 67.8 Å². The lowest BCUT2D eigenvalue weighted by molar-refractivity contribution is -0.143. The minimum absolute atomic E-state index is 0.00847. The summed E-state index contributed by atoms with van der Waals surface area (Å²) in [5, 5.41) is 23.1. The van der Waals surface area contributed by atoms with Crippen molar-refractivity contribution in [1.29, 1.82) is 0 Å². The Kier molecular flexibility index (Phi) is 50.6. The summed E-state index contributed by atoms with van der Waals surface area (Å²) in [7, 11) is 0. The van der Waals surface area contributed by atoms with Crippen LogP contribution in [0.3, 0.4) is 0 Å². The highest BCUT2D eigenvalue weighted by Gasteiger charge is 2.20. The maximum absolute atomic E-state index is 12.4. The summed E-state index contributed by atoms with van der Waals surface area (Å²) in [5.41, 5.74) is 0. The molecule has 2 atom stereocenters. The molecule has 0 fully saturated rings. The van der Waals surface area contributed by atoms with Gasteiger partial charge in [0.25, 0.3) is 0 Å². The molecular formula is C57H105NO5. The van der Waals surface area contributed by atoms with Crippen LogP contribution in [0.4, 0.5) is 0 Å². The molecule has 6 nitrogen and oxygen atoms in total. The quantitative estimate of drug-likeness (QED) is 0.0321. The predicted octanol–water partition coefficient (Wildman–Crippen LogP) is 16.6. The normalized spacial score (nSPS) is 13.0. The first kappa shape index (κ1) is 60.8. The van der Waals surface area contributed by atoms with Gasteiger partial charge in [0.2, 0.25) is 5.91 Å². The number of nitrogens with one attached hydrogen (secondary N) is 1. The van der Waals surface area contributed by atoms with Crippen LogP contribution in [-0.4, -0.2) is 47.4 Å². The van der Waals surface area contributed by atoms with Crippen LogP contribution in [0.5, 0.6) is 0 Å². The zero-order valence-electron chi connectivity index (χ0n) is 41.8. The van der Waals surface area contributed by atoms with Crippen molar-refractivity contribution >= 4 is 11.9 Å². The second-order valence-corrected chi connectivity index (χ2v) is 18.6. The van der Waals surface area contributed by atoms with Crippen LogP contribution >= 0.6 is 0 Å². The van der Waals surface area contributed by atoms with Crippen molar-refractivity contribution in [3.8, 4) is 0 Å². The number of esters is 1. The summed E-state index contributed by atoms with van der Waals surface area (Å²) in [4.78, 5) is 24.4. The molecule has 0 aliphatic rings. The molecule has 0 aliphatic carbocycles. The Labute approximate surface area is 391 Å². The van der Waals surface area contributed by atoms with Gasteiger partial charge in [0.15, 0.2) is 0 Å². The number of carbonyl (C=O) groups excluding carboxylic acids is 2. The third kappa shape index (κ3) is 49.1. The van der Waals surface area contributed by atoms with E-state index in [9.17, 15) is 19.8 Å². The molecule has 63 heavy (non-hydrogen) atoms. The number of ether oxygens (including phenoxy) is 1. The van der Waals surface area contributed by atoms with E-state index in [1.807, 2.05) is 0 Å². The molecule has 0 bridgehead atoms. The standard InChI is InChI=1S/C57H105NO5/c1-3-5-7-9-11-13-14-15-28-31-35-39-43-47-51-57(62)63-52-48-44-40-36-32-29-26-24-22-20-18-16-17-19-21-23-25-27-30-34-38-42-46-50-56(61)58-54(53-59)55(60)49-45-41-37-33-12-10-8-6-4-2/h9,11,14-16,18-19,21,54-55,59-60H,3-8,10,12-13,17,20,22-53H2,1-2H3,(H,58,61)/b11-9-,15-14-,18-16-,21-19-. The van der Waals surface area contributed by atoms with Crippen molar-refractivity contribution in [3.63, 3.8) is 0 Å². The number of allylic oxidation sites excluding steroid dienone is 8. The molecule has 2 unspecified atom stereocenters. The number of hydrogen-bond acceptors (Lipinski definition) is 5. The number of hydrogen-bond donors (Lipinski definition) is 3. The van der Waals surface area contributed by atoms with E-state index in [-0.39, 0.29) is 18.5 Å². The van der Waals surface area contributed by atoms with Crippen molar-refractivity contribution in [2.45, 2.75) is 289 Å². The first-order chi connectivity index (χ1) is 31.0. The Morgan fingerprint density at radius 1 is 0.444 bits per heavy atom. The highest BCUT2D eigenvalue weighted by molar-refractivity contribution is 5.76. The summed E-state index contributed by atoms with van der Waals surface area (Å²) in [6.07, 6.45) is 65.3. The summed E-state index contributed by atoms with van der Waals surface area (Å²) in [6, 6.07) is -0.548. The van der Waals surface area contributed by atoms with Crippen LogP contribution < -0.4 is 5.32 Å². The van der Waals surface area contributed by atoms with Gasteiger partial charge in [0.05, 0.1) is 25.4 Å². The van der Waals surface area contributed by atoms with Crippen molar-refractivity contribution in [3.05, 3.63) is 48.6 Å². The minimum Gasteiger partial charge on any atom is -0.466 e. The average Bonchev–Trinajstić information content (AvgIpc) is 3.28. The third-order valence-electron chi connectivity index (χ3n) is 12.4. The Hall–Kier alpha value is -2.18. The maximum Gasteiger partial charge on any atom is 0.305 e. The molecule has 0 saturated carbocycles. The van der Waals surface area contributed by atoms with Crippen molar-refractivity contribution in [2.24, 2.45) is 0 Å². The molecule has 0 aromatic rings. The molecule has 0 heterocycles. The zero-order chi connectivity index (χ0) is 45.8. The smallest absolute Gasteiger partial charge is 0.305 e. The van der Waals surface area contributed by atoms with Crippen LogP contribution in [0.25, 0.3) is 0 Å². The molecule has 0 aromatic heterocycles. The summed E-state index contributed by atoms with van der Waals surface area (Å²) in [5.74, 6) is -0.0575. The van der Waals surface area contributed by atoms with Crippen LogP contribution in [0, 0.1) is 0 Å². The molecule has 6 heteroatoms. The summed E-state index contributed by atoms with van der Waals surface area (Å²) < 4.78 is 5.46. The lowest BCUT2D eigenvalue weighted by Gasteiger charge is -2.22. The molecule has 0 rings (SSSR count). The number of amides is 1. The topological polar surface area (TPSA) is 95.9 Å². The van der Waals surface area contributed by atoms with Gasteiger partial charge in [-0.3, -0.25) is 9.59 Å². The van der Waals surface area contributed by atoms with E-state index in [1.54, 1.807) is 0 Å². The summed E-state index contributed by atoms with van der Waals surface area (Å²) >= 11 is 0. The number of unbranched alkanes of at least 4 members (excludes halogenated alkanes) is 31. The van der Waals surface area contributed by atoms with E-state index < -0.39 is 12.1 Å². The fourth-order valence-corrected chi connectivity index (χ4v) is 8.10. The Bertz CT molecular complexity index is 1070. The molecule has 1 amide bonds. The van der Waals surface area contributed by atoms with Crippen LogP contribution in [-0.2, 0) is 14.3 Å². The largest absolute Gasteiger partial charge is 0.466 e. The molecule has 0 aliphatic heterocycles.